The van der Waals surface area contributed by atoms with Crippen LogP contribution >= 0.6 is 0 Å². The lowest BCUT2D eigenvalue weighted by Gasteiger charge is -2.28. The van der Waals surface area contributed by atoms with Gasteiger partial charge in [0.05, 0.1) is 11.2 Å². The fraction of sp³-hybridized carbons (Fsp3) is 0.263. The number of hydrogen-bond donors (Lipinski definition) is 0. The van der Waals surface area contributed by atoms with E-state index in [1.165, 1.54) is 0 Å². The molecule has 0 spiro atoms. The lowest BCUT2D eigenvalue weighted by Crippen LogP contribution is -2.36. The molecule has 0 amide bonds. The molecule has 0 saturated carbocycles. The Hall–Kier alpha value is -2.62. The van der Waals surface area contributed by atoms with E-state index >= 15 is 0 Å². The number of nitrogens with zero attached hydrogens (tertiary/aromatic N) is 2. The number of hydrogen-bond acceptors (Lipinski definition) is 3. The van der Waals surface area contributed by atoms with Crippen molar-refractivity contribution in [3.8, 4) is 11.1 Å². The Labute approximate surface area is 135 Å². The lowest BCUT2D eigenvalue weighted by molar-refractivity contribution is 0.393. The van der Waals surface area contributed by atoms with Crippen LogP contribution in [0.15, 0.2) is 58.0 Å². The summed E-state index contributed by atoms with van der Waals surface area (Å²) in [5, 5.41) is 4.00. The molecule has 0 radical (unpaired) electrons. The summed E-state index contributed by atoms with van der Waals surface area (Å²) < 4.78 is 7.02. The maximum Gasteiger partial charge on any atom is 0.251 e. The molecule has 0 N–H and O–H groups in total. The summed E-state index contributed by atoms with van der Waals surface area (Å²) in [4.78, 5) is 12.5. The quantitative estimate of drug-likeness (QED) is 0.737. The van der Waals surface area contributed by atoms with Gasteiger partial charge in [0.15, 0.2) is 0 Å². The first kappa shape index (κ1) is 15.3. The number of pyridine rings is 1. The molecule has 4 heteroatoms. The zero-order valence-corrected chi connectivity index (χ0v) is 13.8. The molecule has 0 aliphatic heterocycles. The Bertz CT molecular complexity index is 870. The zero-order chi connectivity index (χ0) is 16.6. The first-order chi connectivity index (χ1) is 10.9. The van der Waals surface area contributed by atoms with Gasteiger partial charge in [0, 0.05) is 23.4 Å². The minimum Gasteiger partial charge on any atom is -0.361 e. The summed E-state index contributed by atoms with van der Waals surface area (Å²) >= 11 is 0. The second-order valence-corrected chi connectivity index (χ2v) is 6.25. The molecule has 2 aromatic heterocycles. The van der Waals surface area contributed by atoms with Gasteiger partial charge in [-0.3, -0.25) is 4.79 Å². The van der Waals surface area contributed by atoms with Crippen LogP contribution in [0.2, 0.25) is 0 Å². The smallest absolute Gasteiger partial charge is 0.251 e. The van der Waals surface area contributed by atoms with Gasteiger partial charge in [0.1, 0.15) is 5.76 Å². The SMILES string of the molecule is Cc1noc(C)c1-c1ccc(=O)n(C(C)(C)c2ccccc2)c1. The summed E-state index contributed by atoms with van der Waals surface area (Å²) in [5.74, 6) is 0.755. The molecule has 3 aromatic rings. The molecule has 0 fully saturated rings. The van der Waals surface area contributed by atoms with Crippen LogP contribution < -0.4 is 5.56 Å². The second kappa shape index (κ2) is 5.54. The van der Waals surface area contributed by atoms with Crippen LogP contribution in [-0.2, 0) is 5.54 Å². The van der Waals surface area contributed by atoms with E-state index in [0.717, 1.165) is 28.1 Å². The molecule has 23 heavy (non-hydrogen) atoms. The van der Waals surface area contributed by atoms with Crippen molar-refractivity contribution in [1.29, 1.82) is 0 Å². The minimum absolute atomic E-state index is 0.0330. The van der Waals surface area contributed by atoms with Crippen LogP contribution in [0.5, 0.6) is 0 Å². The standard InChI is InChI=1S/C19H20N2O2/c1-13-18(14(2)23-20-13)15-10-11-17(22)21(12-15)19(3,4)16-8-6-5-7-9-16/h5-12H,1-4H3. The maximum atomic E-state index is 12.5. The summed E-state index contributed by atoms with van der Waals surface area (Å²) in [6.07, 6.45) is 1.89. The highest BCUT2D eigenvalue weighted by molar-refractivity contribution is 5.66. The second-order valence-electron chi connectivity index (χ2n) is 6.25. The van der Waals surface area contributed by atoms with Crippen molar-refractivity contribution < 1.29 is 4.52 Å². The molecule has 0 aliphatic rings. The van der Waals surface area contributed by atoms with E-state index in [4.69, 9.17) is 4.52 Å². The molecule has 0 aliphatic carbocycles. The average molecular weight is 308 g/mol. The molecule has 0 bridgehead atoms. The van der Waals surface area contributed by atoms with Crippen LogP contribution in [0.25, 0.3) is 11.1 Å². The van der Waals surface area contributed by atoms with Crippen molar-refractivity contribution in [2.45, 2.75) is 33.2 Å². The number of rotatable bonds is 3. The van der Waals surface area contributed by atoms with E-state index in [1.54, 1.807) is 10.6 Å². The number of benzene rings is 1. The molecule has 4 nitrogen and oxygen atoms in total. The van der Waals surface area contributed by atoms with E-state index in [0.29, 0.717) is 0 Å². The Morgan fingerprint density at radius 3 is 2.35 bits per heavy atom. The molecule has 0 atom stereocenters. The highest BCUT2D eigenvalue weighted by atomic mass is 16.5. The first-order valence-electron chi connectivity index (χ1n) is 7.63. The molecule has 3 rings (SSSR count). The van der Waals surface area contributed by atoms with Gasteiger partial charge in [-0.15, -0.1) is 0 Å². The molecular formula is C19H20N2O2. The van der Waals surface area contributed by atoms with Gasteiger partial charge in [-0.1, -0.05) is 35.5 Å². The predicted octanol–water partition coefficient (Wildman–Crippen LogP) is 3.90. The van der Waals surface area contributed by atoms with E-state index in [-0.39, 0.29) is 5.56 Å². The van der Waals surface area contributed by atoms with Gasteiger partial charge in [0.25, 0.3) is 5.56 Å². The van der Waals surface area contributed by atoms with Gasteiger partial charge >= 0.3 is 0 Å². The Morgan fingerprint density at radius 1 is 1.04 bits per heavy atom. The molecule has 2 heterocycles. The summed E-state index contributed by atoms with van der Waals surface area (Å²) in [5.41, 5.74) is 3.30. The third-order valence-corrected chi connectivity index (χ3v) is 4.32. The van der Waals surface area contributed by atoms with Gasteiger partial charge in [-0.2, -0.15) is 0 Å². The third-order valence-electron chi connectivity index (χ3n) is 4.32. The Morgan fingerprint density at radius 2 is 1.74 bits per heavy atom. The van der Waals surface area contributed by atoms with E-state index < -0.39 is 5.54 Å². The highest BCUT2D eigenvalue weighted by Gasteiger charge is 2.24. The Kier molecular flexibility index (Phi) is 3.68. The van der Waals surface area contributed by atoms with Gasteiger partial charge in [0.2, 0.25) is 0 Å². The highest BCUT2D eigenvalue weighted by Crippen LogP contribution is 2.29. The minimum atomic E-state index is -0.451. The normalized spacial score (nSPS) is 11.7. The van der Waals surface area contributed by atoms with Crippen LogP contribution in [0.4, 0.5) is 0 Å². The van der Waals surface area contributed by atoms with Crippen LogP contribution in [0.3, 0.4) is 0 Å². The fourth-order valence-electron chi connectivity index (χ4n) is 2.95. The first-order valence-corrected chi connectivity index (χ1v) is 7.63. The van der Waals surface area contributed by atoms with E-state index in [1.807, 2.05) is 70.3 Å². The van der Waals surface area contributed by atoms with Crippen molar-refractivity contribution in [2.24, 2.45) is 0 Å². The van der Waals surface area contributed by atoms with Gasteiger partial charge in [-0.05, 0) is 39.3 Å². The van der Waals surface area contributed by atoms with E-state index in [9.17, 15) is 4.79 Å². The summed E-state index contributed by atoms with van der Waals surface area (Å²) in [6, 6.07) is 13.4. The summed E-state index contributed by atoms with van der Waals surface area (Å²) in [6.45, 7) is 7.87. The molecule has 118 valence electrons. The van der Waals surface area contributed by atoms with Crippen molar-refractivity contribution in [2.75, 3.05) is 0 Å². The average Bonchev–Trinajstić information content (AvgIpc) is 2.88. The molecule has 1 aromatic carbocycles. The number of aryl methyl sites for hydroxylation is 2. The zero-order valence-electron chi connectivity index (χ0n) is 13.8. The van der Waals surface area contributed by atoms with Crippen molar-refractivity contribution in [1.82, 2.24) is 9.72 Å². The predicted molar refractivity (Wildman–Crippen MR) is 90.5 cm³/mol. The third kappa shape index (κ3) is 2.61. The maximum absolute atomic E-state index is 12.5. The fourth-order valence-corrected chi connectivity index (χ4v) is 2.95. The van der Waals surface area contributed by atoms with Crippen molar-refractivity contribution >= 4 is 0 Å². The van der Waals surface area contributed by atoms with Gasteiger partial charge in [-0.25, -0.2) is 0 Å². The van der Waals surface area contributed by atoms with Crippen LogP contribution in [0.1, 0.15) is 30.9 Å². The largest absolute Gasteiger partial charge is 0.361 e. The Balaban J connectivity index is 2.18. The topological polar surface area (TPSA) is 48.0 Å². The van der Waals surface area contributed by atoms with Crippen molar-refractivity contribution in [3.63, 3.8) is 0 Å². The molecular weight excluding hydrogens is 288 g/mol. The van der Waals surface area contributed by atoms with Gasteiger partial charge < -0.3 is 9.09 Å². The lowest BCUT2D eigenvalue weighted by atomic mass is 9.93. The monoisotopic (exact) mass is 308 g/mol. The number of aromatic nitrogens is 2. The van der Waals surface area contributed by atoms with Crippen LogP contribution in [-0.4, -0.2) is 9.72 Å². The van der Waals surface area contributed by atoms with Crippen molar-refractivity contribution in [3.05, 3.63) is 76.0 Å². The van der Waals surface area contributed by atoms with Crippen LogP contribution in [0, 0.1) is 13.8 Å². The summed E-state index contributed by atoms with van der Waals surface area (Å²) in [7, 11) is 0. The van der Waals surface area contributed by atoms with E-state index in [2.05, 4.69) is 5.16 Å². The molecule has 0 unspecified atom stereocenters. The molecule has 0 saturated heterocycles.